The van der Waals surface area contributed by atoms with E-state index in [4.69, 9.17) is 14.9 Å². The summed E-state index contributed by atoms with van der Waals surface area (Å²) in [4.78, 5) is 4.56. The minimum Gasteiger partial charge on any atom is -0.439 e. The van der Waals surface area contributed by atoms with Crippen LogP contribution in [0.2, 0.25) is 0 Å². The number of oxazole rings is 1. The third kappa shape index (κ3) is 1.73. The standard InChI is InChI=1S/C13H16N2O2/c1-9-3-2-4-10-11(9)15-12(17-10)13(14)5-7-16-8-6-13/h2-4H,5-8,14H2,1H3. The summed E-state index contributed by atoms with van der Waals surface area (Å²) in [6.45, 7) is 3.38. The highest BCUT2D eigenvalue weighted by Crippen LogP contribution is 2.31. The molecule has 2 aromatic rings. The molecule has 1 aromatic carbocycles. The second-order valence-corrected chi connectivity index (χ2v) is 4.71. The molecule has 1 fully saturated rings. The Bertz CT molecular complexity index is 541. The van der Waals surface area contributed by atoms with Gasteiger partial charge >= 0.3 is 0 Å². The highest BCUT2D eigenvalue weighted by atomic mass is 16.5. The van der Waals surface area contributed by atoms with Crippen LogP contribution < -0.4 is 5.73 Å². The number of benzene rings is 1. The zero-order valence-corrected chi connectivity index (χ0v) is 9.90. The van der Waals surface area contributed by atoms with Gasteiger partial charge in [0.2, 0.25) is 5.89 Å². The molecule has 2 N–H and O–H groups in total. The van der Waals surface area contributed by atoms with Crippen molar-refractivity contribution in [1.29, 1.82) is 0 Å². The van der Waals surface area contributed by atoms with E-state index >= 15 is 0 Å². The molecule has 0 amide bonds. The Labute approximate surface area is 99.8 Å². The van der Waals surface area contributed by atoms with Crippen LogP contribution in [0, 0.1) is 6.92 Å². The molecule has 0 aliphatic carbocycles. The maximum Gasteiger partial charge on any atom is 0.215 e. The Hall–Kier alpha value is -1.39. The van der Waals surface area contributed by atoms with Crippen LogP contribution in [0.15, 0.2) is 22.6 Å². The monoisotopic (exact) mass is 232 g/mol. The number of nitrogens with two attached hydrogens (primary N) is 1. The maximum atomic E-state index is 6.36. The number of ether oxygens (including phenoxy) is 1. The van der Waals surface area contributed by atoms with E-state index in [1.165, 1.54) is 0 Å². The zero-order chi connectivity index (χ0) is 11.9. The van der Waals surface area contributed by atoms with E-state index in [-0.39, 0.29) is 0 Å². The first kappa shape index (κ1) is 10.7. The molecule has 1 aromatic heterocycles. The molecule has 0 unspecified atom stereocenters. The topological polar surface area (TPSA) is 61.3 Å². The van der Waals surface area contributed by atoms with E-state index in [2.05, 4.69) is 4.98 Å². The summed E-state index contributed by atoms with van der Waals surface area (Å²) in [6.07, 6.45) is 1.53. The van der Waals surface area contributed by atoms with Crippen molar-refractivity contribution in [2.75, 3.05) is 13.2 Å². The number of aromatic nitrogens is 1. The molecular weight excluding hydrogens is 216 g/mol. The lowest BCUT2D eigenvalue weighted by Gasteiger charge is -2.29. The van der Waals surface area contributed by atoms with Gasteiger partial charge in [-0.1, -0.05) is 12.1 Å². The summed E-state index contributed by atoms with van der Waals surface area (Å²) < 4.78 is 11.1. The smallest absolute Gasteiger partial charge is 0.215 e. The summed E-state index contributed by atoms with van der Waals surface area (Å²) >= 11 is 0. The fourth-order valence-corrected chi connectivity index (χ4v) is 2.25. The van der Waals surface area contributed by atoms with Crippen LogP contribution in [0.25, 0.3) is 11.1 Å². The largest absolute Gasteiger partial charge is 0.439 e. The van der Waals surface area contributed by atoms with Crippen molar-refractivity contribution >= 4 is 11.1 Å². The van der Waals surface area contributed by atoms with Crippen molar-refractivity contribution in [2.24, 2.45) is 5.73 Å². The van der Waals surface area contributed by atoms with Gasteiger partial charge in [-0.15, -0.1) is 0 Å². The van der Waals surface area contributed by atoms with E-state index in [0.29, 0.717) is 19.1 Å². The van der Waals surface area contributed by atoms with Crippen molar-refractivity contribution in [3.63, 3.8) is 0 Å². The summed E-state index contributed by atoms with van der Waals surface area (Å²) in [5.74, 6) is 0.644. The van der Waals surface area contributed by atoms with Crippen LogP contribution in [0.1, 0.15) is 24.3 Å². The van der Waals surface area contributed by atoms with Gasteiger partial charge in [-0.2, -0.15) is 0 Å². The second kappa shape index (κ2) is 3.82. The molecule has 2 heterocycles. The highest BCUT2D eigenvalue weighted by molar-refractivity contribution is 5.76. The van der Waals surface area contributed by atoms with E-state index in [0.717, 1.165) is 29.5 Å². The summed E-state index contributed by atoms with van der Waals surface area (Å²) in [7, 11) is 0. The molecule has 3 rings (SSSR count). The van der Waals surface area contributed by atoms with Crippen molar-refractivity contribution in [1.82, 2.24) is 4.98 Å². The lowest BCUT2D eigenvalue weighted by molar-refractivity contribution is 0.0429. The number of rotatable bonds is 1. The Kier molecular flexibility index (Phi) is 2.42. The maximum absolute atomic E-state index is 6.36. The SMILES string of the molecule is Cc1cccc2oc(C3(N)CCOCC3)nc12. The molecule has 4 nitrogen and oxygen atoms in total. The molecule has 0 bridgehead atoms. The highest BCUT2D eigenvalue weighted by Gasteiger charge is 2.35. The average molecular weight is 232 g/mol. The molecule has 0 atom stereocenters. The Morgan fingerprint density at radius 2 is 2.06 bits per heavy atom. The van der Waals surface area contributed by atoms with Gasteiger partial charge < -0.3 is 14.9 Å². The number of aryl methyl sites for hydroxylation is 1. The fraction of sp³-hybridized carbons (Fsp3) is 0.462. The van der Waals surface area contributed by atoms with Gasteiger partial charge in [-0.05, 0) is 31.4 Å². The summed E-state index contributed by atoms with van der Waals surface area (Å²) in [5.41, 5.74) is 8.74. The van der Waals surface area contributed by atoms with Crippen molar-refractivity contribution in [3.05, 3.63) is 29.7 Å². The Morgan fingerprint density at radius 3 is 2.76 bits per heavy atom. The van der Waals surface area contributed by atoms with Crippen LogP contribution in [0.3, 0.4) is 0 Å². The van der Waals surface area contributed by atoms with Crippen LogP contribution in [0.4, 0.5) is 0 Å². The second-order valence-electron chi connectivity index (χ2n) is 4.71. The molecule has 0 spiro atoms. The minimum atomic E-state index is -0.469. The predicted octanol–water partition coefficient (Wildman–Crippen LogP) is 2.10. The molecule has 1 aliphatic rings. The molecular formula is C13H16N2O2. The van der Waals surface area contributed by atoms with Crippen LogP contribution >= 0.6 is 0 Å². The molecule has 0 saturated carbocycles. The van der Waals surface area contributed by atoms with E-state index in [9.17, 15) is 0 Å². The lowest BCUT2D eigenvalue weighted by Crippen LogP contribution is -2.42. The number of para-hydroxylation sites is 1. The molecule has 17 heavy (non-hydrogen) atoms. The lowest BCUT2D eigenvalue weighted by atomic mass is 9.91. The Morgan fingerprint density at radius 1 is 1.29 bits per heavy atom. The van der Waals surface area contributed by atoms with Gasteiger partial charge in [-0.3, -0.25) is 0 Å². The van der Waals surface area contributed by atoms with Gasteiger partial charge in [0.1, 0.15) is 5.52 Å². The summed E-state index contributed by atoms with van der Waals surface area (Å²) in [6, 6.07) is 5.93. The van der Waals surface area contributed by atoms with Gasteiger partial charge in [0.15, 0.2) is 5.58 Å². The first-order valence-electron chi connectivity index (χ1n) is 5.92. The molecule has 1 saturated heterocycles. The van der Waals surface area contributed by atoms with E-state index < -0.39 is 5.54 Å². The van der Waals surface area contributed by atoms with Crippen molar-refractivity contribution < 1.29 is 9.15 Å². The molecule has 0 radical (unpaired) electrons. The fourth-order valence-electron chi connectivity index (χ4n) is 2.25. The number of hydrogen-bond donors (Lipinski definition) is 1. The predicted molar refractivity (Wildman–Crippen MR) is 64.7 cm³/mol. The van der Waals surface area contributed by atoms with Crippen molar-refractivity contribution in [3.8, 4) is 0 Å². The van der Waals surface area contributed by atoms with Crippen LogP contribution in [-0.2, 0) is 10.3 Å². The third-order valence-electron chi connectivity index (χ3n) is 3.43. The number of hydrogen-bond acceptors (Lipinski definition) is 4. The normalized spacial score (nSPS) is 19.6. The van der Waals surface area contributed by atoms with E-state index in [1.807, 2.05) is 25.1 Å². The van der Waals surface area contributed by atoms with Crippen LogP contribution in [0.5, 0.6) is 0 Å². The van der Waals surface area contributed by atoms with Gasteiger partial charge in [-0.25, -0.2) is 4.98 Å². The summed E-state index contributed by atoms with van der Waals surface area (Å²) in [5, 5.41) is 0. The average Bonchev–Trinajstić information content (AvgIpc) is 2.76. The van der Waals surface area contributed by atoms with Crippen LogP contribution in [-0.4, -0.2) is 18.2 Å². The third-order valence-corrected chi connectivity index (χ3v) is 3.43. The zero-order valence-electron chi connectivity index (χ0n) is 9.90. The van der Waals surface area contributed by atoms with Gasteiger partial charge in [0, 0.05) is 13.2 Å². The number of nitrogens with zero attached hydrogens (tertiary/aromatic N) is 1. The van der Waals surface area contributed by atoms with E-state index in [1.54, 1.807) is 0 Å². The van der Waals surface area contributed by atoms with Crippen molar-refractivity contribution in [2.45, 2.75) is 25.3 Å². The van der Waals surface area contributed by atoms with Gasteiger partial charge in [0.25, 0.3) is 0 Å². The number of fused-ring (bicyclic) bond motifs is 1. The molecule has 4 heteroatoms. The molecule has 90 valence electrons. The Balaban J connectivity index is 2.08. The minimum absolute atomic E-state index is 0.469. The molecule has 1 aliphatic heterocycles. The first-order valence-corrected chi connectivity index (χ1v) is 5.92. The quantitative estimate of drug-likeness (QED) is 0.818. The van der Waals surface area contributed by atoms with Gasteiger partial charge in [0.05, 0.1) is 5.54 Å². The first-order chi connectivity index (χ1) is 8.19.